The van der Waals surface area contributed by atoms with Gasteiger partial charge in [0.15, 0.2) is 0 Å². The molecule has 19 heavy (non-hydrogen) atoms. The Morgan fingerprint density at radius 3 is 2.95 bits per heavy atom. The lowest BCUT2D eigenvalue weighted by Gasteiger charge is -2.31. The van der Waals surface area contributed by atoms with Crippen LogP contribution in [-0.4, -0.2) is 25.6 Å². The van der Waals surface area contributed by atoms with E-state index in [9.17, 15) is 4.79 Å². The summed E-state index contributed by atoms with van der Waals surface area (Å²) >= 11 is 0. The van der Waals surface area contributed by atoms with Crippen molar-refractivity contribution in [1.82, 2.24) is 10.6 Å². The van der Waals surface area contributed by atoms with Gasteiger partial charge in [-0.2, -0.15) is 0 Å². The van der Waals surface area contributed by atoms with E-state index in [2.05, 4.69) is 10.6 Å². The Hall–Kier alpha value is -1.55. The van der Waals surface area contributed by atoms with Crippen LogP contribution in [0.2, 0.25) is 0 Å². The molecule has 1 amide bonds. The zero-order valence-electron chi connectivity index (χ0n) is 11.6. The molecular formula is C15H22N2O2. The van der Waals surface area contributed by atoms with Crippen molar-refractivity contribution in [3.8, 4) is 5.75 Å². The number of nitrogens with one attached hydrogen (secondary N) is 2. The molecule has 1 aromatic carbocycles. The maximum absolute atomic E-state index is 12.0. The van der Waals surface area contributed by atoms with E-state index in [0.29, 0.717) is 19.1 Å². The normalized spacial score (nSPS) is 16.5. The van der Waals surface area contributed by atoms with Crippen molar-refractivity contribution < 1.29 is 9.53 Å². The molecule has 1 aliphatic heterocycles. The van der Waals surface area contributed by atoms with Crippen molar-refractivity contribution in [1.29, 1.82) is 0 Å². The second kappa shape index (κ2) is 6.57. The molecule has 1 saturated heterocycles. The lowest BCUT2D eigenvalue weighted by molar-refractivity contribution is -0.126. The molecule has 0 spiro atoms. The molecule has 0 aromatic heterocycles. The molecule has 0 bridgehead atoms. The smallest absolute Gasteiger partial charge is 0.223 e. The standard InChI is InChI=1S/C15H22N2O2/c1-3-19-14-6-4-5-12(7-14)8-17-15(18)11(2)13-9-16-10-13/h4-7,11,13,16H,3,8-10H2,1-2H3,(H,17,18). The van der Waals surface area contributed by atoms with Crippen molar-refractivity contribution in [2.24, 2.45) is 11.8 Å². The number of carbonyl (C=O) groups excluding carboxylic acids is 1. The lowest BCUT2D eigenvalue weighted by atomic mass is 9.88. The zero-order valence-corrected chi connectivity index (χ0v) is 11.6. The maximum Gasteiger partial charge on any atom is 0.223 e. The fourth-order valence-corrected chi connectivity index (χ4v) is 2.14. The van der Waals surface area contributed by atoms with Gasteiger partial charge in [0, 0.05) is 12.5 Å². The number of carbonyl (C=O) groups is 1. The zero-order chi connectivity index (χ0) is 13.7. The molecule has 0 saturated carbocycles. The van der Waals surface area contributed by atoms with Gasteiger partial charge in [-0.3, -0.25) is 4.79 Å². The van der Waals surface area contributed by atoms with Crippen LogP contribution in [0.5, 0.6) is 5.75 Å². The average Bonchev–Trinajstić information content (AvgIpc) is 2.34. The molecule has 1 unspecified atom stereocenters. The van der Waals surface area contributed by atoms with E-state index in [1.807, 2.05) is 38.1 Å². The van der Waals surface area contributed by atoms with Gasteiger partial charge in [-0.25, -0.2) is 0 Å². The van der Waals surface area contributed by atoms with Gasteiger partial charge in [0.1, 0.15) is 5.75 Å². The maximum atomic E-state index is 12.0. The summed E-state index contributed by atoms with van der Waals surface area (Å²) < 4.78 is 5.44. The Labute approximate surface area is 114 Å². The minimum atomic E-state index is 0.0799. The van der Waals surface area contributed by atoms with Gasteiger partial charge in [-0.1, -0.05) is 19.1 Å². The molecule has 2 N–H and O–H groups in total. The predicted molar refractivity (Wildman–Crippen MR) is 75.0 cm³/mol. The third-order valence-electron chi connectivity index (χ3n) is 3.61. The second-order valence-corrected chi connectivity index (χ2v) is 5.01. The molecule has 4 nitrogen and oxygen atoms in total. The molecule has 0 radical (unpaired) electrons. The highest BCUT2D eigenvalue weighted by Crippen LogP contribution is 2.17. The van der Waals surface area contributed by atoms with Crippen molar-refractivity contribution in [3.05, 3.63) is 29.8 Å². The van der Waals surface area contributed by atoms with Crippen molar-refractivity contribution in [2.75, 3.05) is 19.7 Å². The molecule has 104 valence electrons. The van der Waals surface area contributed by atoms with Crippen LogP contribution in [0.1, 0.15) is 19.4 Å². The summed E-state index contributed by atoms with van der Waals surface area (Å²) in [6.45, 7) is 7.08. The first-order valence-corrected chi connectivity index (χ1v) is 6.91. The molecular weight excluding hydrogens is 240 g/mol. The second-order valence-electron chi connectivity index (χ2n) is 5.01. The van der Waals surface area contributed by atoms with E-state index in [1.54, 1.807) is 0 Å². The van der Waals surface area contributed by atoms with Crippen LogP contribution in [0, 0.1) is 11.8 Å². The molecule has 1 aromatic rings. The van der Waals surface area contributed by atoms with E-state index in [-0.39, 0.29) is 11.8 Å². The number of hydrogen-bond donors (Lipinski definition) is 2. The topological polar surface area (TPSA) is 50.4 Å². The summed E-state index contributed by atoms with van der Waals surface area (Å²) in [6, 6.07) is 7.85. The van der Waals surface area contributed by atoms with Crippen LogP contribution in [0.3, 0.4) is 0 Å². The molecule has 2 rings (SSSR count). The summed E-state index contributed by atoms with van der Waals surface area (Å²) in [6.07, 6.45) is 0. The van der Waals surface area contributed by atoms with Gasteiger partial charge in [-0.05, 0) is 43.6 Å². The van der Waals surface area contributed by atoms with E-state index in [0.717, 1.165) is 24.4 Å². The Balaban J connectivity index is 1.83. The first-order chi connectivity index (χ1) is 9.20. The highest BCUT2D eigenvalue weighted by molar-refractivity contribution is 5.78. The van der Waals surface area contributed by atoms with Crippen LogP contribution in [0.25, 0.3) is 0 Å². The van der Waals surface area contributed by atoms with Gasteiger partial charge in [0.2, 0.25) is 5.91 Å². The summed E-state index contributed by atoms with van der Waals surface area (Å²) in [7, 11) is 0. The summed E-state index contributed by atoms with van der Waals surface area (Å²) in [5.41, 5.74) is 1.07. The lowest BCUT2D eigenvalue weighted by Crippen LogP contribution is -2.49. The van der Waals surface area contributed by atoms with Crippen molar-refractivity contribution >= 4 is 5.91 Å². The van der Waals surface area contributed by atoms with Crippen LogP contribution >= 0.6 is 0 Å². The van der Waals surface area contributed by atoms with E-state index in [1.165, 1.54) is 0 Å². The third kappa shape index (κ3) is 3.70. The predicted octanol–water partition coefficient (Wildman–Crippen LogP) is 1.56. The number of amides is 1. The number of benzene rings is 1. The van der Waals surface area contributed by atoms with E-state index < -0.39 is 0 Å². The highest BCUT2D eigenvalue weighted by Gasteiger charge is 2.28. The van der Waals surface area contributed by atoms with Gasteiger partial charge in [0.05, 0.1) is 6.61 Å². The summed E-state index contributed by atoms with van der Waals surface area (Å²) in [5.74, 6) is 1.55. The average molecular weight is 262 g/mol. The Morgan fingerprint density at radius 1 is 1.53 bits per heavy atom. The van der Waals surface area contributed by atoms with Gasteiger partial charge < -0.3 is 15.4 Å². The first-order valence-electron chi connectivity index (χ1n) is 6.91. The largest absolute Gasteiger partial charge is 0.494 e. The fourth-order valence-electron chi connectivity index (χ4n) is 2.14. The fraction of sp³-hybridized carbons (Fsp3) is 0.533. The van der Waals surface area contributed by atoms with Crippen molar-refractivity contribution in [3.63, 3.8) is 0 Å². The molecule has 1 aliphatic rings. The minimum absolute atomic E-state index is 0.0799. The molecule has 1 heterocycles. The Kier molecular flexibility index (Phi) is 4.80. The monoisotopic (exact) mass is 262 g/mol. The van der Waals surface area contributed by atoms with Crippen LogP contribution in [0.15, 0.2) is 24.3 Å². The minimum Gasteiger partial charge on any atom is -0.494 e. The van der Waals surface area contributed by atoms with Crippen LogP contribution < -0.4 is 15.4 Å². The quantitative estimate of drug-likeness (QED) is 0.818. The van der Waals surface area contributed by atoms with Gasteiger partial charge in [0.25, 0.3) is 0 Å². The van der Waals surface area contributed by atoms with Crippen LogP contribution in [0.4, 0.5) is 0 Å². The summed E-state index contributed by atoms with van der Waals surface area (Å²) in [5, 5.41) is 6.19. The Bertz CT molecular complexity index is 430. The highest BCUT2D eigenvalue weighted by atomic mass is 16.5. The molecule has 1 fully saturated rings. The molecule has 4 heteroatoms. The van der Waals surface area contributed by atoms with E-state index in [4.69, 9.17) is 4.74 Å². The van der Waals surface area contributed by atoms with Gasteiger partial charge >= 0.3 is 0 Å². The summed E-state index contributed by atoms with van der Waals surface area (Å²) in [4.78, 5) is 12.0. The van der Waals surface area contributed by atoms with Crippen LogP contribution in [-0.2, 0) is 11.3 Å². The number of hydrogen-bond acceptors (Lipinski definition) is 3. The number of rotatable bonds is 6. The number of ether oxygens (including phenoxy) is 1. The van der Waals surface area contributed by atoms with E-state index >= 15 is 0 Å². The third-order valence-corrected chi connectivity index (χ3v) is 3.61. The molecule has 1 atom stereocenters. The first kappa shape index (κ1) is 13.9. The van der Waals surface area contributed by atoms with Crippen molar-refractivity contribution in [2.45, 2.75) is 20.4 Å². The van der Waals surface area contributed by atoms with Gasteiger partial charge in [-0.15, -0.1) is 0 Å². The Morgan fingerprint density at radius 2 is 2.32 bits per heavy atom. The molecule has 0 aliphatic carbocycles. The SMILES string of the molecule is CCOc1cccc(CNC(=O)C(C)C2CNC2)c1.